The topological polar surface area (TPSA) is 70.1 Å². The second-order valence-corrected chi connectivity index (χ2v) is 8.39. The number of ether oxygens (including phenoxy) is 1. The maximum Gasteiger partial charge on any atom is 0.295 e. The van der Waals surface area contributed by atoms with Gasteiger partial charge in [0, 0.05) is 12.1 Å². The zero-order valence-electron chi connectivity index (χ0n) is 19.3. The lowest BCUT2D eigenvalue weighted by Crippen LogP contribution is -2.32. The molecule has 1 amide bonds. The van der Waals surface area contributed by atoms with Crippen LogP contribution < -0.4 is 4.74 Å². The van der Waals surface area contributed by atoms with Gasteiger partial charge in [-0.2, -0.15) is 0 Å². The SMILES string of the molecule is CCCOc1ccc(C(O)=C2C(=O)C(=O)N(CCCN(C)C)C2c2ccccc2)cc1C. The summed E-state index contributed by atoms with van der Waals surface area (Å²) in [4.78, 5) is 29.6. The summed E-state index contributed by atoms with van der Waals surface area (Å²) in [6.07, 6.45) is 1.63. The Hall–Kier alpha value is -3.12. The summed E-state index contributed by atoms with van der Waals surface area (Å²) >= 11 is 0. The molecule has 0 saturated carbocycles. The van der Waals surface area contributed by atoms with Crippen molar-refractivity contribution >= 4 is 17.4 Å². The van der Waals surface area contributed by atoms with Gasteiger partial charge in [-0.15, -0.1) is 0 Å². The molecule has 1 N–H and O–H groups in total. The van der Waals surface area contributed by atoms with Crippen LogP contribution in [0.5, 0.6) is 5.75 Å². The molecular formula is C26H32N2O4. The lowest BCUT2D eigenvalue weighted by atomic mass is 9.95. The van der Waals surface area contributed by atoms with Crippen molar-refractivity contribution in [3.63, 3.8) is 0 Å². The predicted molar refractivity (Wildman–Crippen MR) is 126 cm³/mol. The van der Waals surface area contributed by atoms with Crippen molar-refractivity contribution in [3.8, 4) is 5.75 Å². The molecule has 1 unspecified atom stereocenters. The summed E-state index contributed by atoms with van der Waals surface area (Å²) in [7, 11) is 3.94. The van der Waals surface area contributed by atoms with Crippen LogP contribution in [0, 0.1) is 6.92 Å². The van der Waals surface area contributed by atoms with Gasteiger partial charge < -0.3 is 19.6 Å². The molecule has 6 heteroatoms. The quantitative estimate of drug-likeness (QED) is 0.363. The molecule has 6 nitrogen and oxygen atoms in total. The Kier molecular flexibility index (Phi) is 7.70. The van der Waals surface area contributed by atoms with Crippen molar-refractivity contribution < 1.29 is 19.4 Å². The smallest absolute Gasteiger partial charge is 0.295 e. The van der Waals surface area contributed by atoms with Crippen molar-refractivity contribution in [3.05, 3.63) is 70.8 Å². The van der Waals surface area contributed by atoms with Crippen molar-refractivity contribution in [1.29, 1.82) is 0 Å². The van der Waals surface area contributed by atoms with Crippen LogP contribution in [0.1, 0.15) is 42.5 Å². The fraction of sp³-hybridized carbons (Fsp3) is 0.385. The molecular weight excluding hydrogens is 404 g/mol. The zero-order chi connectivity index (χ0) is 23.3. The molecule has 1 heterocycles. The summed E-state index contributed by atoms with van der Waals surface area (Å²) in [5, 5.41) is 11.2. The van der Waals surface area contributed by atoms with Crippen molar-refractivity contribution in [2.75, 3.05) is 33.8 Å². The van der Waals surface area contributed by atoms with E-state index in [2.05, 4.69) is 0 Å². The fourth-order valence-corrected chi connectivity index (χ4v) is 3.98. The highest BCUT2D eigenvalue weighted by Gasteiger charge is 2.45. The maximum absolute atomic E-state index is 13.1. The average Bonchev–Trinajstić information content (AvgIpc) is 3.03. The number of hydrogen-bond donors (Lipinski definition) is 1. The number of rotatable bonds is 9. The van der Waals surface area contributed by atoms with E-state index in [0.29, 0.717) is 18.7 Å². The Balaban J connectivity index is 2.03. The Labute approximate surface area is 190 Å². The van der Waals surface area contributed by atoms with Crippen LogP contribution in [0.3, 0.4) is 0 Å². The first-order chi connectivity index (χ1) is 15.3. The number of amides is 1. The van der Waals surface area contributed by atoms with E-state index >= 15 is 0 Å². The fourth-order valence-electron chi connectivity index (χ4n) is 3.98. The van der Waals surface area contributed by atoms with Crippen molar-refractivity contribution in [1.82, 2.24) is 9.80 Å². The Bertz CT molecular complexity index is 998. The summed E-state index contributed by atoms with van der Waals surface area (Å²) < 4.78 is 5.72. The van der Waals surface area contributed by atoms with Gasteiger partial charge in [-0.3, -0.25) is 9.59 Å². The molecule has 0 aromatic heterocycles. The monoisotopic (exact) mass is 436 g/mol. The van der Waals surface area contributed by atoms with E-state index in [1.165, 1.54) is 0 Å². The lowest BCUT2D eigenvalue weighted by Gasteiger charge is -2.26. The van der Waals surface area contributed by atoms with E-state index in [4.69, 9.17) is 4.74 Å². The van der Waals surface area contributed by atoms with E-state index in [9.17, 15) is 14.7 Å². The van der Waals surface area contributed by atoms with Crippen LogP contribution in [0.15, 0.2) is 54.1 Å². The Morgan fingerprint density at radius 1 is 1.12 bits per heavy atom. The summed E-state index contributed by atoms with van der Waals surface area (Å²) in [6.45, 7) is 5.77. The van der Waals surface area contributed by atoms with Crippen LogP contribution in [-0.2, 0) is 9.59 Å². The Morgan fingerprint density at radius 3 is 2.47 bits per heavy atom. The van der Waals surface area contributed by atoms with Gasteiger partial charge in [0.05, 0.1) is 18.2 Å². The van der Waals surface area contributed by atoms with Gasteiger partial charge in [-0.05, 0) is 69.7 Å². The minimum absolute atomic E-state index is 0.132. The molecule has 1 fully saturated rings. The third kappa shape index (κ3) is 5.02. The number of ketones is 1. The molecule has 3 rings (SSSR count). The number of aryl methyl sites for hydroxylation is 1. The normalized spacial score (nSPS) is 17.9. The van der Waals surface area contributed by atoms with Crippen LogP contribution in [-0.4, -0.2) is 60.4 Å². The predicted octanol–water partition coefficient (Wildman–Crippen LogP) is 4.16. The summed E-state index contributed by atoms with van der Waals surface area (Å²) in [5.41, 5.74) is 2.29. The first-order valence-corrected chi connectivity index (χ1v) is 11.1. The van der Waals surface area contributed by atoms with Crippen LogP contribution in [0.25, 0.3) is 5.76 Å². The molecule has 1 aliphatic heterocycles. The molecule has 1 saturated heterocycles. The van der Waals surface area contributed by atoms with Gasteiger partial charge in [-0.25, -0.2) is 0 Å². The minimum Gasteiger partial charge on any atom is -0.507 e. The third-order valence-electron chi connectivity index (χ3n) is 5.57. The maximum atomic E-state index is 13.1. The van der Waals surface area contributed by atoms with E-state index in [-0.39, 0.29) is 11.3 Å². The van der Waals surface area contributed by atoms with Gasteiger partial charge in [0.25, 0.3) is 11.7 Å². The highest BCUT2D eigenvalue weighted by molar-refractivity contribution is 6.46. The second kappa shape index (κ2) is 10.5. The number of nitrogens with zero attached hydrogens (tertiary/aromatic N) is 2. The van der Waals surface area contributed by atoms with Gasteiger partial charge in [0.15, 0.2) is 0 Å². The van der Waals surface area contributed by atoms with Crippen LogP contribution in [0.4, 0.5) is 0 Å². The number of aliphatic hydroxyl groups is 1. The molecule has 32 heavy (non-hydrogen) atoms. The van der Waals surface area contributed by atoms with E-state index in [0.717, 1.165) is 36.3 Å². The first kappa shape index (κ1) is 23.5. The second-order valence-electron chi connectivity index (χ2n) is 8.39. The number of benzene rings is 2. The number of aliphatic hydroxyl groups excluding tert-OH is 1. The lowest BCUT2D eigenvalue weighted by molar-refractivity contribution is -0.139. The molecule has 1 atom stereocenters. The number of likely N-dealkylation sites (tertiary alicyclic amines) is 1. The van der Waals surface area contributed by atoms with Crippen LogP contribution >= 0.6 is 0 Å². The minimum atomic E-state index is -0.648. The van der Waals surface area contributed by atoms with E-state index < -0.39 is 17.7 Å². The van der Waals surface area contributed by atoms with Crippen LogP contribution in [0.2, 0.25) is 0 Å². The number of carbonyl (C=O) groups is 2. The zero-order valence-corrected chi connectivity index (χ0v) is 19.3. The molecule has 170 valence electrons. The van der Waals surface area contributed by atoms with E-state index in [1.54, 1.807) is 23.1 Å². The van der Waals surface area contributed by atoms with Gasteiger partial charge in [0.2, 0.25) is 0 Å². The number of Topliss-reactive ketones (excluding diaryl/α,β-unsaturated/α-hetero) is 1. The largest absolute Gasteiger partial charge is 0.507 e. The van der Waals surface area contributed by atoms with E-state index in [1.807, 2.05) is 63.2 Å². The van der Waals surface area contributed by atoms with Gasteiger partial charge >= 0.3 is 0 Å². The molecule has 0 bridgehead atoms. The molecule has 0 aliphatic carbocycles. The van der Waals surface area contributed by atoms with Gasteiger partial charge in [0.1, 0.15) is 11.5 Å². The molecule has 1 aliphatic rings. The van der Waals surface area contributed by atoms with Crippen molar-refractivity contribution in [2.24, 2.45) is 0 Å². The molecule has 2 aromatic rings. The standard InChI is InChI=1S/C26H32N2O4/c1-5-16-32-21-13-12-20(17-18(21)2)24(29)22-23(19-10-7-6-8-11-19)28(26(31)25(22)30)15-9-14-27(3)4/h6-8,10-13,17,23,29H,5,9,14-16H2,1-4H3. The first-order valence-electron chi connectivity index (χ1n) is 11.1. The Morgan fingerprint density at radius 2 is 1.84 bits per heavy atom. The number of carbonyl (C=O) groups excluding carboxylic acids is 2. The van der Waals surface area contributed by atoms with Crippen molar-refractivity contribution in [2.45, 2.75) is 32.7 Å². The van der Waals surface area contributed by atoms with Gasteiger partial charge in [-0.1, -0.05) is 37.3 Å². The highest BCUT2D eigenvalue weighted by atomic mass is 16.5. The third-order valence-corrected chi connectivity index (χ3v) is 5.57. The molecule has 0 radical (unpaired) electrons. The molecule has 0 spiro atoms. The molecule has 2 aromatic carbocycles. The average molecular weight is 437 g/mol. The summed E-state index contributed by atoms with van der Waals surface area (Å²) in [5.74, 6) is -0.631. The highest BCUT2D eigenvalue weighted by Crippen LogP contribution is 2.39. The summed E-state index contributed by atoms with van der Waals surface area (Å²) in [6, 6.07) is 14.1. The number of hydrogen-bond acceptors (Lipinski definition) is 5.